The van der Waals surface area contributed by atoms with Gasteiger partial charge in [0.25, 0.3) is 0 Å². The first-order chi connectivity index (χ1) is 12.0. The van der Waals surface area contributed by atoms with Gasteiger partial charge in [-0.15, -0.1) is 0 Å². The molecule has 1 aromatic carbocycles. The highest BCUT2D eigenvalue weighted by molar-refractivity contribution is 6.39. The van der Waals surface area contributed by atoms with Gasteiger partial charge in [-0.3, -0.25) is 9.59 Å². The van der Waals surface area contributed by atoms with Crippen LogP contribution in [0.3, 0.4) is 0 Å². The standard InChI is InChI=1S/C19H18N2O4/c1-12-4-3-5-16(13(12)2)21-19(23)18(22)20-10-15-6-7-17(25-15)14-8-9-24-11-14/h3-9,11H,10H2,1-2H3,(H,20,22)(H,21,23). The van der Waals surface area contributed by atoms with Gasteiger partial charge in [-0.25, -0.2) is 0 Å². The Morgan fingerprint density at radius 2 is 1.88 bits per heavy atom. The molecule has 0 atom stereocenters. The number of rotatable bonds is 4. The lowest BCUT2D eigenvalue weighted by Crippen LogP contribution is -2.35. The molecule has 6 heteroatoms. The summed E-state index contributed by atoms with van der Waals surface area (Å²) in [7, 11) is 0. The van der Waals surface area contributed by atoms with Crippen molar-refractivity contribution in [3.63, 3.8) is 0 Å². The van der Waals surface area contributed by atoms with Gasteiger partial charge in [-0.1, -0.05) is 12.1 Å². The molecule has 0 fully saturated rings. The Kier molecular flexibility index (Phi) is 4.70. The van der Waals surface area contributed by atoms with Crippen LogP contribution in [0.25, 0.3) is 11.3 Å². The maximum absolute atomic E-state index is 12.0. The Hall–Kier alpha value is -3.28. The van der Waals surface area contributed by atoms with E-state index in [9.17, 15) is 9.59 Å². The largest absolute Gasteiger partial charge is 0.472 e. The van der Waals surface area contributed by atoms with Crippen LogP contribution >= 0.6 is 0 Å². The quantitative estimate of drug-likeness (QED) is 0.714. The fourth-order valence-electron chi connectivity index (χ4n) is 2.35. The number of carbonyl (C=O) groups is 2. The Balaban J connectivity index is 1.57. The monoisotopic (exact) mass is 338 g/mol. The summed E-state index contributed by atoms with van der Waals surface area (Å²) >= 11 is 0. The predicted octanol–water partition coefficient (Wildman–Crippen LogP) is 3.41. The van der Waals surface area contributed by atoms with Crippen LogP contribution in [0.2, 0.25) is 0 Å². The second kappa shape index (κ2) is 7.09. The van der Waals surface area contributed by atoms with Gasteiger partial charge in [-0.05, 0) is 49.2 Å². The zero-order valence-electron chi connectivity index (χ0n) is 14.0. The maximum atomic E-state index is 12.0. The molecule has 0 unspecified atom stereocenters. The lowest BCUT2D eigenvalue weighted by Gasteiger charge is -2.10. The second-order valence-electron chi connectivity index (χ2n) is 5.66. The molecule has 3 rings (SSSR count). The summed E-state index contributed by atoms with van der Waals surface area (Å²) in [5.74, 6) is -0.251. The van der Waals surface area contributed by atoms with E-state index in [0.29, 0.717) is 17.2 Å². The molecule has 2 aromatic heterocycles. The zero-order chi connectivity index (χ0) is 17.8. The summed E-state index contributed by atoms with van der Waals surface area (Å²) in [5, 5.41) is 5.16. The molecule has 0 aliphatic carbocycles. The van der Waals surface area contributed by atoms with Gasteiger partial charge < -0.3 is 19.5 Å². The van der Waals surface area contributed by atoms with Crippen molar-refractivity contribution in [2.75, 3.05) is 5.32 Å². The van der Waals surface area contributed by atoms with Crippen LogP contribution in [0, 0.1) is 13.8 Å². The molecule has 6 nitrogen and oxygen atoms in total. The third-order valence-corrected chi connectivity index (χ3v) is 3.95. The summed E-state index contributed by atoms with van der Waals surface area (Å²) < 4.78 is 10.6. The molecular weight excluding hydrogens is 320 g/mol. The predicted molar refractivity (Wildman–Crippen MR) is 92.8 cm³/mol. The van der Waals surface area contributed by atoms with Crippen LogP contribution < -0.4 is 10.6 Å². The van der Waals surface area contributed by atoms with Crippen LogP contribution in [-0.4, -0.2) is 11.8 Å². The van der Waals surface area contributed by atoms with Crippen molar-refractivity contribution in [2.45, 2.75) is 20.4 Å². The lowest BCUT2D eigenvalue weighted by atomic mass is 10.1. The van der Waals surface area contributed by atoms with Gasteiger partial charge in [-0.2, -0.15) is 0 Å². The third kappa shape index (κ3) is 3.80. The Labute approximate surface area is 144 Å². The lowest BCUT2D eigenvalue weighted by molar-refractivity contribution is -0.136. The van der Waals surface area contributed by atoms with Crippen LogP contribution in [0.1, 0.15) is 16.9 Å². The first-order valence-corrected chi connectivity index (χ1v) is 7.81. The zero-order valence-corrected chi connectivity index (χ0v) is 14.0. The van der Waals surface area contributed by atoms with E-state index in [1.54, 1.807) is 36.8 Å². The van der Waals surface area contributed by atoms with E-state index in [1.165, 1.54) is 0 Å². The SMILES string of the molecule is Cc1cccc(NC(=O)C(=O)NCc2ccc(-c3ccoc3)o2)c1C. The van der Waals surface area contributed by atoms with Gasteiger partial charge in [0.2, 0.25) is 0 Å². The van der Waals surface area contributed by atoms with Crippen LogP contribution in [-0.2, 0) is 16.1 Å². The number of benzene rings is 1. The number of furan rings is 2. The van der Waals surface area contributed by atoms with E-state index >= 15 is 0 Å². The molecular formula is C19H18N2O4. The van der Waals surface area contributed by atoms with E-state index < -0.39 is 11.8 Å². The number of hydrogen-bond acceptors (Lipinski definition) is 4. The third-order valence-electron chi connectivity index (χ3n) is 3.95. The average molecular weight is 338 g/mol. The highest BCUT2D eigenvalue weighted by atomic mass is 16.3. The van der Waals surface area contributed by atoms with Crippen LogP contribution in [0.5, 0.6) is 0 Å². The fraction of sp³-hybridized carbons (Fsp3) is 0.158. The minimum Gasteiger partial charge on any atom is -0.472 e. The van der Waals surface area contributed by atoms with Crippen molar-refractivity contribution >= 4 is 17.5 Å². The van der Waals surface area contributed by atoms with Crippen molar-refractivity contribution in [1.29, 1.82) is 0 Å². The molecule has 2 N–H and O–H groups in total. The first kappa shape index (κ1) is 16.6. The normalized spacial score (nSPS) is 10.5. The molecule has 2 heterocycles. The van der Waals surface area contributed by atoms with Crippen LogP contribution in [0.4, 0.5) is 5.69 Å². The summed E-state index contributed by atoms with van der Waals surface area (Å²) in [6.45, 7) is 3.96. The summed E-state index contributed by atoms with van der Waals surface area (Å²) in [4.78, 5) is 24.0. The number of amides is 2. The van der Waals surface area contributed by atoms with E-state index in [4.69, 9.17) is 8.83 Å². The minimum atomic E-state index is -0.720. The Morgan fingerprint density at radius 1 is 1.04 bits per heavy atom. The van der Waals surface area contributed by atoms with Crippen molar-refractivity contribution in [1.82, 2.24) is 5.32 Å². The molecule has 0 spiro atoms. The molecule has 25 heavy (non-hydrogen) atoms. The van der Waals surface area contributed by atoms with Crippen molar-refractivity contribution in [3.05, 3.63) is 65.8 Å². The topological polar surface area (TPSA) is 84.5 Å². The second-order valence-corrected chi connectivity index (χ2v) is 5.66. The molecule has 0 aliphatic rings. The fourth-order valence-corrected chi connectivity index (χ4v) is 2.35. The van der Waals surface area contributed by atoms with Gasteiger partial charge >= 0.3 is 11.8 Å². The number of aryl methyl sites for hydroxylation is 1. The van der Waals surface area contributed by atoms with E-state index in [2.05, 4.69) is 10.6 Å². The van der Waals surface area contributed by atoms with Gasteiger partial charge in [0.05, 0.1) is 18.4 Å². The smallest absolute Gasteiger partial charge is 0.313 e. The number of hydrogen-bond donors (Lipinski definition) is 2. The van der Waals surface area contributed by atoms with Gasteiger partial charge in [0, 0.05) is 5.69 Å². The van der Waals surface area contributed by atoms with Crippen molar-refractivity contribution in [3.8, 4) is 11.3 Å². The maximum Gasteiger partial charge on any atom is 0.313 e. The molecule has 0 radical (unpaired) electrons. The van der Waals surface area contributed by atoms with E-state index in [0.717, 1.165) is 16.7 Å². The van der Waals surface area contributed by atoms with Crippen molar-refractivity contribution in [2.24, 2.45) is 0 Å². The Bertz CT molecular complexity index is 894. The summed E-state index contributed by atoms with van der Waals surface area (Å²) in [6.07, 6.45) is 3.12. The number of nitrogens with one attached hydrogen (secondary N) is 2. The van der Waals surface area contributed by atoms with E-state index in [1.807, 2.05) is 26.0 Å². The van der Waals surface area contributed by atoms with Gasteiger partial charge in [0.1, 0.15) is 17.8 Å². The first-order valence-electron chi connectivity index (χ1n) is 7.81. The molecule has 128 valence electrons. The molecule has 2 amide bonds. The van der Waals surface area contributed by atoms with Crippen LogP contribution in [0.15, 0.2) is 57.8 Å². The minimum absolute atomic E-state index is 0.122. The summed E-state index contributed by atoms with van der Waals surface area (Å²) in [5.41, 5.74) is 3.41. The molecule has 3 aromatic rings. The van der Waals surface area contributed by atoms with Gasteiger partial charge in [0.15, 0.2) is 0 Å². The molecule has 0 aliphatic heterocycles. The van der Waals surface area contributed by atoms with Crippen molar-refractivity contribution < 1.29 is 18.4 Å². The average Bonchev–Trinajstić information content (AvgIpc) is 3.27. The molecule has 0 saturated heterocycles. The van der Waals surface area contributed by atoms with E-state index in [-0.39, 0.29) is 6.54 Å². The highest BCUT2D eigenvalue weighted by Gasteiger charge is 2.15. The molecule has 0 bridgehead atoms. The highest BCUT2D eigenvalue weighted by Crippen LogP contribution is 2.22. The molecule has 0 saturated carbocycles. The summed E-state index contributed by atoms with van der Waals surface area (Å²) in [6, 6.07) is 10.8. The Morgan fingerprint density at radius 3 is 2.64 bits per heavy atom. The number of anilines is 1. The number of carbonyl (C=O) groups excluding carboxylic acids is 2.